The van der Waals surface area contributed by atoms with Gasteiger partial charge in [-0.15, -0.1) is 0 Å². The Kier molecular flexibility index (Phi) is 80.5. The first-order chi connectivity index (χ1) is 52.8. The highest BCUT2D eigenvalue weighted by molar-refractivity contribution is 5.85. The zero-order chi connectivity index (χ0) is 78.9. The molecule has 638 valence electrons. The minimum absolute atomic E-state index is 0.0194. The first-order valence-corrected chi connectivity index (χ1v) is 46.7. The van der Waals surface area contributed by atoms with Gasteiger partial charge in [0.15, 0.2) is 12.2 Å². The quantitative estimate of drug-likeness (QED) is 0.0330. The van der Waals surface area contributed by atoms with Gasteiger partial charge in [-0.3, -0.25) is 29.0 Å². The van der Waals surface area contributed by atoms with Crippen LogP contribution in [0.3, 0.4) is 0 Å². The molecule has 0 rings (SSSR count). The molecule has 2 atom stereocenters. The Morgan fingerprint density at radius 1 is 0.222 bits per heavy atom. The molecule has 0 aliphatic rings. The molecule has 108 heavy (non-hydrogen) atoms. The summed E-state index contributed by atoms with van der Waals surface area (Å²) in [5.74, 6) is -2.64. The second-order valence-corrected chi connectivity index (χ2v) is 32.1. The lowest BCUT2D eigenvalue weighted by molar-refractivity contribution is -0.173. The number of hydrogen-bond donors (Lipinski definition) is 2. The summed E-state index contributed by atoms with van der Waals surface area (Å²) in [5, 5.41) is 21.8. The number of rotatable bonds is 87. The summed E-state index contributed by atoms with van der Waals surface area (Å²) in [6, 6.07) is 0. The van der Waals surface area contributed by atoms with E-state index in [9.17, 15) is 39.0 Å². The molecule has 16 heteroatoms. The van der Waals surface area contributed by atoms with Gasteiger partial charge in [-0.05, 0) is 142 Å². The van der Waals surface area contributed by atoms with Crippen LogP contribution in [0.4, 0.5) is 0 Å². The third-order valence-corrected chi connectivity index (χ3v) is 21.6. The van der Waals surface area contributed by atoms with Crippen LogP contribution < -0.4 is 0 Å². The van der Waals surface area contributed by atoms with Gasteiger partial charge in [0, 0.05) is 38.8 Å². The molecule has 0 aromatic heterocycles. The van der Waals surface area contributed by atoms with Gasteiger partial charge in [-0.2, -0.15) is 0 Å². The number of hydrogen-bond acceptors (Lipinski definition) is 16. The number of aliphatic hydroxyl groups is 2. The molecule has 0 spiro atoms. The summed E-state index contributed by atoms with van der Waals surface area (Å²) in [7, 11) is 0. The molecule has 16 nitrogen and oxygen atoms in total. The smallest absolute Gasteiger partial charge is 0.338 e. The van der Waals surface area contributed by atoms with E-state index in [1.807, 2.05) is 0 Å². The number of esters is 6. The van der Waals surface area contributed by atoms with Gasteiger partial charge in [0.25, 0.3) is 0 Å². The highest BCUT2D eigenvalue weighted by Crippen LogP contribution is 2.22. The van der Waals surface area contributed by atoms with Crippen LogP contribution in [0.5, 0.6) is 0 Å². The molecule has 0 aromatic rings. The van der Waals surface area contributed by atoms with Gasteiger partial charge >= 0.3 is 35.8 Å². The Labute approximate surface area is 665 Å². The number of carbonyl (C=O) groups is 6. The van der Waals surface area contributed by atoms with Crippen molar-refractivity contribution in [3.05, 3.63) is 0 Å². The predicted octanol–water partition coefficient (Wildman–Crippen LogP) is 24.2. The lowest BCUT2D eigenvalue weighted by atomic mass is 10.0. The van der Waals surface area contributed by atoms with Crippen LogP contribution in [0.25, 0.3) is 0 Å². The fourth-order valence-electron chi connectivity index (χ4n) is 14.4. The molecule has 0 heterocycles. The normalized spacial score (nSPS) is 12.2. The third-order valence-electron chi connectivity index (χ3n) is 21.6. The van der Waals surface area contributed by atoms with Crippen LogP contribution in [0.15, 0.2) is 0 Å². The molecule has 0 bridgehead atoms. The minimum atomic E-state index is -2.12. The van der Waals surface area contributed by atoms with Gasteiger partial charge in [0.2, 0.25) is 0 Å². The molecule has 2 N–H and O–H groups in total. The average Bonchev–Trinajstić information content (AvgIpc) is 0.886. The molecular weight excluding hydrogens is 1360 g/mol. The van der Waals surface area contributed by atoms with Crippen molar-refractivity contribution < 1.29 is 67.4 Å². The van der Waals surface area contributed by atoms with E-state index in [0.717, 1.165) is 206 Å². The van der Waals surface area contributed by atoms with Crippen LogP contribution in [-0.4, -0.2) is 146 Å². The van der Waals surface area contributed by atoms with Crippen LogP contribution in [0.2, 0.25) is 0 Å². The second-order valence-electron chi connectivity index (χ2n) is 32.1. The molecule has 0 aromatic carbocycles. The van der Waals surface area contributed by atoms with E-state index < -0.39 is 24.1 Å². The fraction of sp³-hybridized carbons (Fsp3) is 0.935. The first kappa shape index (κ1) is 105. The Hall–Kier alpha value is -3.34. The van der Waals surface area contributed by atoms with Crippen molar-refractivity contribution in [3.63, 3.8) is 0 Å². The summed E-state index contributed by atoms with van der Waals surface area (Å²) >= 11 is 0. The van der Waals surface area contributed by atoms with Crippen molar-refractivity contribution in [1.82, 2.24) is 9.80 Å². The summed E-state index contributed by atoms with van der Waals surface area (Å²) < 4.78 is 34.4. The van der Waals surface area contributed by atoms with Crippen LogP contribution in [-0.2, 0) is 57.2 Å². The van der Waals surface area contributed by atoms with E-state index >= 15 is 0 Å². The monoisotopic (exact) mass is 1530 g/mol. The van der Waals surface area contributed by atoms with Gasteiger partial charge < -0.3 is 38.6 Å². The zero-order valence-electron chi connectivity index (χ0n) is 71.7. The SMILES string of the molecule is CCCCCCCCCCCOC(=O)CCCCCN(CCCCCCCC(=O)OC(CCCCCCCC)CCCCCCCC)CCOC(=O)C(O)C(O)C(=O)OCCN(CCCCCCCC(=O)OC(CCCCCCCC)CCCCCCCC)CCCCCC(=O)OCCCCCCCCCCC. The van der Waals surface area contributed by atoms with Crippen LogP contribution in [0, 0.1) is 0 Å². The average molecular weight is 1530 g/mol. The van der Waals surface area contributed by atoms with Crippen molar-refractivity contribution in [2.45, 2.75) is 490 Å². The molecular formula is C92H176N2O14. The predicted molar refractivity (Wildman–Crippen MR) is 447 cm³/mol. The van der Waals surface area contributed by atoms with Crippen molar-refractivity contribution in [2.75, 3.05) is 65.7 Å². The maximum atomic E-state index is 13.2. The van der Waals surface area contributed by atoms with Crippen molar-refractivity contribution >= 4 is 35.8 Å². The van der Waals surface area contributed by atoms with E-state index in [1.165, 1.54) is 218 Å². The van der Waals surface area contributed by atoms with Crippen molar-refractivity contribution in [2.24, 2.45) is 0 Å². The Bertz CT molecular complexity index is 1810. The highest BCUT2D eigenvalue weighted by atomic mass is 16.6. The number of aliphatic hydroxyl groups excluding tert-OH is 2. The third kappa shape index (κ3) is 72.9. The standard InChI is InChI=1S/C92H176N2O14/c1-7-13-19-25-31-33-35-47-63-79-103-85(95)69-57-49-61-75-93(73-59-45-37-43-55-71-87(97)107-83(65-51-39-27-21-15-9-3)66-52-40-28-22-16-10-4)77-81-105-91(101)89(99)90(100)92(102)106-82-78-94(76-62-50-58-70-86(96)104-80-64-48-36-34-32-26-20-14-8-2)74-60-46-38-44-56-72-88(98)108-84(67-53-41-29-23-17-11-5)68-54-42-30-24-18-12-6/h83-84,89-90,99-100H,7-82H2,1-6H3. The molecule has 0 aliphatic heterocycles. The molecule has 0 fully saturated rings. The fourth-order valence-corrected chi connectivity index (χ4v) is 14.4. The molecule has 0 amide bonds. The van der Waals surface area contributed by atoms with Gasteiger partial charge in [0.1, 0.15) is 25.4 Å². The summed E-state index contributed by atoms with van der Waals surface area (Å²) in [6.45, 7) is 18.0. The van der Waals surface area contributed by atoms with E-state index in [2.05, 4.69) is 51.3 Å². The van der Waals surface area contributed by atoms with Gasteiger partial charge in [-0.25, -0.2) is 9.59 Å². The Morgan fingerprint density at radius 2 is 0.426 bits per heavy atom. The van der Waals surface area contributed by atoms with Crippen LogP contribution >= 0.6 is 0 Å². The van der Waals surface area contributed by atoms with Gasteiger partial charge in [-0.1, -0.05) is 324 Å². The maximum absolute atomic E-state index is 13.2. The molecule has 0 saturated carbocycles. The minimum Gasteiger partial charge on any atom is -0.466 e. The number of unbranched alkanes of at least 4 members (excludes halogenated alkanes) is 48. The summed E-state index contributed by atoms with van der Waals surface area (Å²) in [6.07, 6.45) is 66.5. The second kappa shape index (κ2) is 83.1. The number of carbonyl (C=O) groups excluding carboxylic acids is 6. The van der Waals surface area contributed by atoms with E-state index in [-0.39, 0.29) is 49.3 Å². The summed E-state index contributed by atoms with van der Waals surface area (Å²) in [4.78, 5) is 82.3. The molecule has 2 unspecified atom stereocenters. The van der Waals surface area contributed by atoms with Gasteiger partial charge in [0.05, 0.1) is 13.2 Å². The largest absolute Gasteiger partial charge is 0.466 e. The summed E-state index contributed by atoms with van der Waals surface area (Å²) in [5.41, 5.74) is 0. The number of ether oxygens (including phenoxy) is 6. The lowest BCUT2D eigenvalue weighted by Crippen LogP contribution is -2.43. The van der Waals surface area contributed by atoms with E-state index in [1.54, 1.807) is 0 Å². The Balaban J connectivity index is 5.55. The maximum Gasteiger partial charge on any atom is 0.338 e. The lowest BCUT2D eigenvalue weighted by Gasteiger charge is -2.23. The molecule has 0 saturated heterocycles. The van der Waals surface area contributed by atoms with Crippen molar-refractivity contribution in [3.8, 4) is 0 Å². The highest BCUT2D eigenvalue weighted by Gasteiger charge is 2.33. The number of nitrogens with zero attached hydrogens (tertiary/aromatic N) is 2. The Morgan fingerprint density at radius 3 is 0.685 bits per heavy atom. The zero-order valence-corrected chi connectivity index (χ0v) is 71.7. The van der Waals surface area contributed by atoms with E-state index in [4.69, 9.17) is 28.4 Å². The van der Waals surface area contributed by atoms with E-state index in [0.29, 0.717) is 52.0 Å². The molecule has 0 aliphatic carbocycles. The topological polar surface area (TPSA) is 205 Å². The van der Waals surface area contributed by atoms with Crippen LogP contribution in [0.1, 0.15) is 465 Å². The first-order valence-electron chi connectivity index (χ1n) is 46.7. The molecule has 0 radical (unpaired) electrons. The van der Waals surface area contributed by atoms with Crippen molar-refractivity contribution in [1.29, 1.82) is 0 Å².